The molecule has 24 nitrogen and oxygen atoms in total. The number of hydrogen-bond acceptors (Lipinski definition) is 24. The largest absolute Gasteiger partial charge is 0.659 e. The van der Waals surface area contributed by atoms with Gasteiger partial charge in [-0.2, -0.15) is 0 Å². The van der Waals surface area contributed by atoms with Crippen LogP contribution in [-0.4, -0.2) is 185 Å². The van der Waals surface area contributed by atoms with Gasteiger partial charge in [-0.25, -0.2) is 0 Å². The standard InChI is InChI=1S/C7H25NO10Si4.C6H17NO3Si.C2H12O8Si3.CH4O/c1-14-21(15-2,7-5-6-8)18-22(13,16-19(3,9)10)17-20(4,11)12;1-8-11(9-2,10-3)6-4-5-7;1-11(3,4)9-13(7,8)10-12(2,5)6;1-2/h9-13H,5-8H2,1-4H3;4-7H2,1-3H3;3-8H,1-2H3;2H,1H3. The minimum absolute atomic E-state index is 0.183. The molecular formula is C16H58N2O22Si8. The van der Waals surface area contributed by atoms with Crippen LogP contribution in [0.25, 0.3) is 0 Å². The third kappa shape index (κ3) is 31.5. The molecule has 32 heteroatoms. The summed E-state index contributed by atoms with van der Waals surface area (Å²) in [5, 5.41) is 7.00. The lowest BCUT2D eigenvalue weighted by Gasteiger charge is -2.36. The molecule has 0 fully saturated rings. The van der Waals surface area contributed by atoms with Gasteiger partial charge in [0.15, 0.2) is 0 Å². The maximum atomic E-state index is 10.3. The number of aliphatic hydroxyl groups excluding tert-OH is 1. The smallest absolute Gasteiger partial charge is 0.400 e. The van der Waals surface area contributed by atoms with Crippen LogP contribution in [0.2, 0.25) is 38.3 Å². The molecule has 16 N–H and O–H groups in total. The van der Waals surface area contributed by atoms with E-state index in [1.54, 1.807) is 21.3 Å². The van der Waals surface area contributed by atoms with Crippen LogP contribution in [0, 0.1) is 0 Å². The summed E-state index contributed by atoms with van der Waals surface area (Å²) in [6.45, 7) is 4.48. The summed E-state index contributed by atoms with van der Waals surface area (Å²) in [5.41, 5.74) is 10.8. The van der Waals surface area contributed by atoms with Crippen LogP contribution < -0.4 is 11.5 Å². The molecule has 0 spiro atoms. The van der Waals surface area contributed by atoms with Gasteiger partial charge in [-0.1, -0.05) is 0 Å². The van der Waals surface area contributed by atoms with E-state index < -0.39 is 70.9 Å². The summed E-state index contributed by atoms with van der Waals surface area (Å²) in [6, 6.07) is 0.968. The van der Waals surface area contributed by atoms with Crippen molar-refractivity contribution in [3.63, 3.8) is 0 Å². The van der Waals surface area contributed by atoms with Crippen molar-refractivity contribution in [3.8, 4) is 0 Å². The van der Waals surface area contributed by atoms with Crippen LogP contribution in [0.3, 0.4) is 0 Å². The van der Waals surface area contributed by atoms with E-state index in [-0.39, 0.29) is 6.04 Å². The Balaban J connectivity index is -0.000000317. The molecule has 0 amide bonds. The van der Waals surface area contributed by atoms with E-state index >= 15 is 0 Å². The van der Waals surface area contributed by atoms with Crippen LogP contribution in [0.1, 0.15) is 12.8 Å². The summed E-state index contributed by atoms with van der Waals surface area (Å²) in [5.74, 6) is 0. The topological polar surface area (TPSA) is 387 Å². The summed E-state index contributed by atoms with van der Waals surface area (Å²) in [4.78, 5) is 101. The van der Waals surface area contributed by atoms with Crippen molar-refractivity contribution in [2.24, 2.45) is 11.5 Å². The molecule has 0 bridgehead atoms. The summed E-state index contributed by atoms with van der Waals surface area (Å²) < 4.78 is 48.6. The van der Waals surface area contributed by atoms with E-state index in [0.29, 0.717) is 19.5 Å². The second-order valence-corrected chi connectivity index (χ2v) is 29.0. The van der Waals surface area contributed by atoms with Crippen molar-refractivity contribution in [1.29, 1.82) is 0 Å². The predicted octanol–water partition coefficient (Wildman–Crippen LogP) is -6.48. The van der Waals surface area contributed by atoms with Gasteiger partial charge < -0.3 is 112 Å². The normalized spacial score (nSPS) is 13.5. The first-order chi connectivity index (χ1) is 21.5. The Morgan fingerprint density at radius 2 is 0.667 bits per heavy atom. The molecule has 0 heterocycles. The molecule has 0 saturated carbocycles. The van der Waals surface area contributed by atoms with E-state index in [2.05, 4.69) is 8.23 Å². The van der Waals surface area contributed by atoms with Gasteiger partial charge >= 0.3 is 70.9 Å². The first-order valence-corrected chi connectivity index (χ1v) is 30.0. The van der Waals surface area contributed by atoms with Crippen molar-refractivity contribution >= 4 is 70.9 Å². The van der Waals surface area contributed by atoms with Gasteiger partial charge in [0.1, 0.15) is 0 Å². The average molecular weight is 855 g/mol. The van der Waals surface area contributed by atoms with E-state index in [1.165, 1.54) is 14.2 Å². The zero-order chi connectivity index (χ0) is 39.3. The first kappa shape index (κ1) is 55.5. The Labute approximate surface area is 289 Å². The zero-order valence-electron chi connectivity index (χ0n) is 28.8. The minimum atomic E-state index is -4.85. The highest BCUT2D eigenvalue weighted by Crippen LogP contribution is 2.24. The average Bonchev–Trinajstić information content (AvgIpc) is 2.89. The molecule has 0 rings (SSSR count). The third-order valence-corrected chi connectivity index (χ3v) is 22.2. The van der Waals surface area contributed by atoms with Gasteiger partial charge in [0.2, 0.25) is 0 Å². The maximum absolute atomic E-state index is 10.3. The number of nitrogens with two attached hydrogens (primary N) is 2. The number of aliphatic hydroxyl groups is 1. The van der Waals surface area contributed by atoms with Crippen molar-refractivity contribution < 1.29 is 101 Å². The zero-order valence-corrected chi connectivity index (χ0v) is 36.8. The fraction of sp³-hybridized carbons (Fsp3) is 1.00. The fourth-order valence-electron chi connectivity index (χ4n) is 2.89. The van der Waals surface area contributed by atoms with E-state index in [1.807, 2.05) is 0 Å². The maximum Gasteiger partial charge on any atom is 0.659 e. The lowest BCUT2D eigenvalue weighted by Crippen LogP contribution is -2.65. The predicted molar refractivity (Wildman–Crippen MR) is 179 cm³/mol. The Bertz CT molecular complexity index is 750. The van der Waals surface area contributed by atoms with Gasteiger partial charge in [-0.15, -0.1) is 0 Å². The van der Waals surface area contributed by atoms with Crippen molar-refractivity contribution in [2.75, 3.05) is 55.7 Å². The molecule has 0 aliphatic carbocycles. The van der Waals surface area contributed by atoms with Crippen molar-refractivity contribution in [3.05, 3.63) is 0 Å². The quantitative estimate of drug-likeness (QED) is 0.0477. The van der Waals surface area contributed by atoms with Gasteiger partial charge in [-0.05, 0) is 25.9 Å². The molecule has 0 radical (unpaired) electrons. The first-order valence-electron chi connectivity index (χ1n) is 13.5. The van der Waals surface area contributed by atoms with Gasteiger partial charge in [-0.3, -0.25) is 0 Å². The van der Waals surface area contributed by atoms with Gasteiger partial charge in [0.05, 0.1) is 0 Å². The van der Waals surface area contributed by atoms with E-state index in [0.717, 1.165) is 45.8 Å². The lowest BCUT2D eigenvalue weighted by atomic mass is 10.5. The molecule has 296 valence electrons. The van der Waals surface area contributed by atoms with Crippen molar-refractivity contribution in [2.45, 2.75) is 51.1 Å². The van der Waals surface area contributed by atoms with E-state index in [9.17, 15) is 24.0 Å². The van der Waals surface area contributed by atoms with Crippen LogP contribution in [0.5, 0.6) is 0 Å². The second kappa shape index (κ2) is 24.9. The fourth-order valence-corrected chi connectivity index (χ4v) is 18.6. The SMILES string of the molecule is CO.CO[Si](CCCN)(OC)OC.CO[Si](CCCN)(OC)O[Si](O)(O[Si](C)(O)O)O[Si](C)(O)O.C[Si](O)(O)O[Si](O)(O)O[Si](C)(O)O. The van der Waals surface area contributed by atoms with E-state index in [4.69, 9.17) is 79.8 Å². The number of rotatable bonds is 21. The molecule has 48 heavy (non-hydrogen) atoms. The van der Waals surface area contributed by atoms with Crippen LogP contribution in [0.4, 0.5) is 0 Å². The highest BCUT2D eigenvalue weighted by molar-refractivity contribution is 6.80. The van der Waals surface area contributed by atoms with Crippen molar-refractivity contribution in [1.82, 2.24) is 0 Å². The molecule has 0 aromatic heterocycles. The highest BCUT2D eigenvalue weighted by Gasteiger charge is 2.60. The second-order valence-electron chi connectivity index (χ2n) is 9.49. The molecule has 0 atom stereocenters. The summed E-state index contributed by atoms with van der Waals surface area (Å²) >= 11 is 0. The molecule has 0 aromatic carbocycles. The monoisotopic (exact) mass is 854 g/mol. The molecular weight excluding hydrogens is 797 g/mol. The van der Waals surface area contributed by atoms with Crippen LogP contribution >= 0.6 is 0 Å². The Kier molecular flexibility index (Phi) is 28.8. The Hall–Kier alpha value is 0.775. The molecule has 0 unspecified atom stereocenters. The molecule has 0 aliphatic heterocycles. The van der Waals surface area contributed by atoms with Crippen LogP contribution in [-0.2, 0) is 42.7 Å². The molecule has 0 aliphatic rings. The highest BCUT2D eigenvalue weighted by atomic mass is 28.5. The summed E-state index contributed by atoms with van der Waals surface area (Å²) in [7, 11) is -24.1. The Morgan fingerprint density at radius 3 is 0.875 bits per heavy atom. The third-order valence-electron chi connectivity index (χ3n) is 4.51. The molecule has 0 saturated heterocycles. The van der Waals surface area contributed by atoms with Crippen LogP contribution in [0.15, 0.2) is 0 Å². The number of hydrogen-bond donors (Lipinski definition) is 14. The molecule has 0 aromatic rings. The lowest BCUT2D eigenvalue weighted by molar-refractivity contribution is 0.0359. The van der Waals surface area contributed by atoms with Gasteiger partial charge in [0, 0.05) is 80.9 Å². The van der Waals surface area contributed by atoms with Gasteiger partial charge in [0.25, 0.3) is 0 Å². The summed E-state index contributed by atoms with van der Waals surface area (Å²) in [6.07, 6.45) is 1.31. The Morgan fingerprint density at radius 1 is 0.417 bits per heavy atom. The minimum Gasteiger partial charge on any atom is -0.400 e.